The number of rotatable bonds is 13. The number of sulfone groups is 1. The molecule has 0 saturated carbocycles. The molecule has 1 heterocycles. The first-order valence-corrected chi connectivity index (χ1v) is 18.9. The Hall–Kier alpha value is -0.361. The van der Waals surface area contributed by atoms with Crippen molar-refractivity contribution >= 4 is 28.2 Å². The second-order valence-corrected chi connectivity index (χ2v) is 22.7. The van der Waals surface area contributed by atoms with Crippen molar-refractivity contribution in [1.82, 2.24) is 4.98 Å². The van der Waals surface area contributed by atoms with Crippen molar-refractivity contribution in [3.63, 3.8) is 0 Å². The van der Waals surface area contributed by atoms with Crippen LogP contribution in [-0.2, 0) is 9.84 Å². The third-order valence-electron chi connectivity index (χ3n) is 5.10. The van der Waals surface area contributed by atoms with E-state index in [4.69, 9.17) is 0 Å². The molecule has 0 unspecified atom stereocenters. The predicted molar refractivity (Wildman–Crippen MR) is 110 cm³/mol. The van der Waals surface area contributed by atoms with E-state index in [0.29, 0.717) is 0 Å². The van der Waals surface area contributed by atoms with Gasteiger partial charge >= 0.3 is 160 Å². The second kappa shape index (κ2) is 11.4. The minimum atomic E-state index is -3.38. The molecule has 1 aromatic heterocycles. The average Bonchev–Trinajstić information content (AvgIpc) is 2.61. The van der Waals surface area contributed by atoms with Crippen molar-refractivity contribution in [1.29, 1.82) is 0 Å². The molecule has 3 nitrogen and oxygen atoms in total. The molecule has 0 bridgehead atoms. The summed E-state index contributed by atoms with van der Waals surface area (Å²) in [6.45, 7) is 11.1. The van der Waals surface area contributed by atoms with Crippen LogP contribution in [-0.4, -0.2) is 37.5 Å². The van der Waals surface area contributed by atoms with Crippen LogP contribution >= 0.6 is 0 Å². The Labute approximate surface area is 159 Å². The molecule has 5 heteroatoms. The summed E-state index contributed by atoms with van der Waals surface area (Å²) in [5, 5.41) is 0.192. The van der Waals surface area contributed by atoms with E-state index in [1.165, 1.54) is 51.8 Å². The van der Waals surface area contributed by atoms with Crippen LogP contribution in [0.15, 0.2) is 39.6 Å². The monoisotopic (exact) mass is 473 g/mol. The molecule has 0 aliphatic heterocycles. The summed E-state index contributed by atoms with van der Waals surface area (Å²) in [5.74, 6) is 0.108. The first-order chi connectivity index (χ1) is 11.9. The summed E-state index contributed by atoms with van der Waals surface area (Å²) >= 11 is -2.70. The van der Waals surface area contributed by atoms with E-state index in [0.717, 1.165) is 3.59 Å². The van der Waals surface area contributed by atoms with Gasteiger partial charge < -0.3 is 0 Å². The first kappa shape index (κ1) is 22.7. The second-order valence-electron chi connectivity index (χ2n) is 7.12. The van der Waals surface area contributed by atoms with Crippen LogP contribution in [0.25, 0.3) is 0 Å². The molecule has 0 atom stereocenters. The molecule has 0 radical (unpaired) electrons. The zero-order valence-electron chi connectivity index (χ0n) is 16.3. The van der Waals surface area contributed by atoms with Crippen LogP contribution in [0.2, 0.25) is 13.3 Å². The summed E-state index contributed by atoms with van der Waals surface area (Å²) in [7, 11) is -3.38. The fourth-order valence-electron chi connectivity index (χ4n) is 3.44. The van der Waals surface area contributed by atoms with Crippen LogP contribution in [0, 0.1) is 0 Å². The van der Waals surface area contributed by atoms with Gasteiger partial charge in [-0.2, -0.15) is 0 Å². The van der Waals surface area contributed by atoms with Gasteiger partial charge in [-0.15, -0.1) is 0 Å². The third-order valence-corrected chi connectivity index (χ3v) is 23.4. The van der Waals surface area contributed by atoms with Gasteiger partial charge in [-0.1, -0.05) is 0 Å². The molecule has 0 aliphatic carbocycles. The summed E-state index contributed by atoms with van der Waals surface area (Å²) in [6, 6.07) is 5.09. The first-order valence-electron chi connectivity index (χ1n) is 9.74. The maximum atomic E-state index is 12.8. The van der Waals surface area contributed by atoms with Gasteiger partial charge in [-0.05, 0) is 0 Å². The molecule has 0 saturated heterocycles. The van der Waals surface area contributed by atoms with E-state index in [9.17, 15) is 8.42 Å². The third kappa shape index (κ3) is 7.04. The number of nitrogens with zero attached hydrogens (tertiary/aromatic N) is 1. The van der Waals surface area contributed by atoms with Gasteiger partial charge in [0, 0.05) is 0 Å². The van der Waals surface area contributed by atoms with Crippen LogP contribution in [0.1, 0.15) is 59.3 Å². The van der Waals surface area contributed by atoms with E-state index in [-0.39, 0.29) is 10.8 Å². The molecule has 142 valence electrons. The molecule has 1 rings (SSSR count). The summed E-state index contributed by atoms with van der Waals surface area (Å²) in [6.07, 6.45) is 8.73. The molecule has 0 aliphatic rings. The Bertz CT molecular complexity index is 592. The van der Waals surface area contributed by atoms with E-state index in [2.05, 4.69) is 32.3 Å². The van der Waals surface area contributed by atoms with Crippen LogP contribution in [0.5, 0.6) is 0 Å². The van der Waals surface area contributed by atoms with Gasteiger partial charge in [0.2, 0.25) is 0 Å². The normalized spacial score (nSPS) is 12.3. The number of hydrogen-bond donors (Lipinski definition) is 0. The molecule has 0 amide bonds. The van der Waals surface area contributed by atoms with Crippen molar-refractivity contribution in [2.75, 3.05) is 5.75 Å². The predicted octanol–water partition coefficient (Wildman–Crippen LogP) is 5.80. The molecule has 0 aromatic carbocycles. The summed E-state index contributed by atoms with van der Waals surface area (Å²) < 4.78 is 30.5. The fraction of sp³-hybridized carbons (Fsp3) is 0.650. The Morgan fingerprint density at radius 1 is 1.00 bits per heavy atom. The molecule has 0 N–H and O–H groups in total. The number of aromatic nitrogens is 1. The zero-order valence-corrected chi connectivity index (χ0v) is 19.9. The summed E-state index contributed by atoms with van der Waals surface area (Å²) in [4.78, 5) is 4.07. The molecule has 0 fully saturated rings. The fourth-order valence-corrected chi connectivity index (χ4v) is 23.1. The Balaban J connectivity index is 3.07. The number of hydrogen-bond acceptors (Lipinski definition) is 3. The Morgan fingerprint density at radius 2 is 1.52 bits per heavy atom. The van der Waals surface area contributed by atoms with E-state index >= 15 is 0 Å². The van der Waals surface area contributed by atoms with Crippen molar-refractivity contribution in [3.8, 4) is 0 Å². The van der Waals surface area contributed by atoms with Crippen LogP contribution in [0.3, 0.4) is 0 Å². The van der Waals surface area contributed by atoms with Gasteiger partial charge in [-0.3, -0.25) is 0 Å². The van der Waals surface area contributed by atoms with Crippen LogP contribution in [0.4, 0.5) is 0 Å². The number of unbranched alkanes of at least 4 members (excludes halogenated alkanes) is 3. The Kier molecular flexibility index (Phi) is 10.3. The molecular weight excluding hydrogens is 437 g/mol. The van der Waals surface area contributed by atoms with E-state index in [1.54, 1.807) is 24.4 Å². The average molecular weight is 472 g/mol. The van der Waals surface area contributed by atoms with Crippen molar-refractivity contribution in [2.24, 2.45) is 0 Å². The van der Waals surface area contributed by atoms with Gasteiger partial charge in [0.05, 0.1) is 0 Å². The standard InChI is InChI=1S/C8H8NO2S.3C4H9.Sn/c1-2-7-12(10,11)8-5-3-4-6-9-8;3*1-3-4-2;/h3-6H,1,7H2;3*1,3-4H2,2H3;. The van der Waals surface area contributed by atoms with Gasteiger partial charge in [-0.25, -0.2) is 0 Å². The summed E-state index contributed by atoms with van der Waals surface area (Å²) in [5.41, 5.74) is 0. The maximum absolute atomic E-state index is 12.8. The van der Waals surface area contributed by atoms with E-state index in [1.807, 2.05) is 0 Å². The number of pyridine rings is 1. The molecule has 1 aromatic rings. The Morgan fingerprint density at radius 3 is 1.92 bits per heavy atom. The molecule has 25 heavy (non-hydrogen) atoms. The topological polar surface area (TPSA) is 47.0 Å². The van der Waals surface area contributed by atoms with Gasteiger partial charge in [0.1, 0.15) is 0 Å². The molecule has 0 spiro atoms. The van der Waals surface area contributed by atoms with E-state index < -0.39 is 28.2 Å². The van der Waals surface area contributed by atoms with Gasteiger partial charge in [0.15, 0.2) is 0 Å². The van der Waals surface area contributed by atoms with Crippen molar-refractivity contribution in [2.45, 2.75) is 77.6 Å². The SMILES string of the molecule is C=[C](CS(=O)(=O)c1ccccn1)[Sn]([CH2]CCC)([CH2]CCC)[CH2]CCC. The van der Waals surface area contributed by atoms with Crippen molar-refractivity contribution in [3.05, 3.63) is 34.6 Å². The van der Waals surface area contributed by atoms with Crippen LogP contribution < -0.4 is 0 Å². The van der Waals surface area contributed by atoms with Gasteiger partial charge in [0.25, 0.3) is 0 Å². The quantitative estimate of drug-likeness (QED) is 0.341. The zero-order chi connectivity index (χ0) is 18.8. The molecular formula is C20H35NO2SSn. The van der Waals surface area contributed by atoms with Crippen molar-refractivity contribution < 1.29 is 8.42 Å². The minimum absolute atomic E-state index is 0.108.